The maximum absolute atomic E-state index is 13.2. The van der Waals surface area contributed by atoms with E-state index in [2.05, 4.69) is 50.0 Å². The van der Waals surface area contributed by atoms with Gasteiger partial charge in [0.15, 0.2) is 0 Å². The Labute approximate surface area is 205 Å². The molecule has 3 saturated heterocycles. The number of rotatable bonds is 7. The van der Waals surface area contributed by atoms with Crippen molar-refractivity contribution in [2.75, 3.05) is 52.9 Å². The Balaban J connectivity index is 1.50. The lowest BCUT2D eigenvalue weighted by atomic mass is 9.78. The van der Waals surface area contributed by atoms with E-state index in [0.717, 1.165) is 58.3 Å². The molecule has 0 unspecified atom stereocenters. The number of carboxylic acid groups (broad SMARTS) is 1. The lowest BCUT2D eigenvalue weighted by Crippen LogP contribution is -2.53. The lowest BCUT2D eigenvalue weighted by Gasteiger charge is -2.43. The van der Waals surface area contributed by atoms with Crippen LogP contribution in [0.4, 0.5) is 4.79 Å². The number of carbonyl (C=O) groups excluding carboxylic acids is 1. The third-order valence-corrected chi connectivity index (χ3v) is 8.07. The van der Waals surface area contributed by atoms with Crippen LogP contribution in [0.15, 0.2) is 35.6 Å². The molecule has 3 fully saturated rings. The summed E-state index contributed by atoms with van der Waals surface area (Å²) in [4.78, 5) is 32.6. The van der Waals surface area contributed by atoms with Crippen LogP contribution in [0.25, 0.3) is 0 Å². The van der Waals surface area contributed by atoms with E-state index < -0.39 is 5.97 Å². The number of aliphatic carboxylic acids is 1. The van der Waals surface area contributed by atoms with Gasteiger partial charge in [-0.25, -0.2) is 4.79 Å². The lowest BCUT2D eigenvalue weighted by molar-refractivity contribution is -0.138. The molecule has 0 saturated carbocycles. The summed E-state index contributed by atoms with van der Waals surface area (Å²) in [6, 6.07) is 0.406. The Bertz CT molecular complexity index is 803. The van der Waals surface area contributed by atoms with Crippen molar-refractivity contribution >= 4 is 12.0 Å². The van der Waals surface area contributed by atoms with Crippen molar-refractivity contribution in [3.05, 3.63) is 35.6 Å². The molecule has 0 atom stereocenters. The molecule has 3 heterocycles. The second-order valence-corrected chi connectivity index (χ2v) is 10.4. The molecule has 190 valence electrons. The molecule has 7 nitrogen and oxygen atoms in total. The van der Waals surface area contributed by atoms with E-state index in [1.807, 2.05) is 21.7 Å². The van der Waals surface area contributed by atoms with Crippen LogP contribution in [0.2, 0.25) is 0 Å². The molecule has 0 aliphatic carbocycles. The third-order valence-electron chi connectivity index (χ3n) is 8.07. The number of likely N-dealkylation sites (N-methyl/N-ethyl adjacent to an activating group) is 1. The molecule has 7 heteroatoms. The molecule has 3 rings (SSSR count). The van der Waals surface area contributed by atoms with E-state index in [0.29, 0.717) is 18.5 Å². The number of carboxylic acids is 1. The van der Waals surface area contributed by atoms with Gasteiger partial charge in [0.1, 0.15) is 0 Å². The Hall–Kier alpha value is -2.28. The van der Waals surface area contributed by atoms with Gasteiger partial charge in [0.05, 0.1) is 6.54 Å². The van der Waals surface area contributed by atoms with Crippen molar-refractivity contribution in [1.82, 2.24) is 19.6 Å². The minimum atomic E-state index is -0.797. The number of piperidine rings is 2. The quantitative estimate of drug-likeness (QED) is 0.563. The maximum atomic E-state index is 13.2. The van der Waals surface area contributed by atoms with Gasteiger partial charge in [0.25, 0.3) is 0 Å². The standard InChI is InChI=1S/C27H44N4O3/c1-5-7-24(9-8-22(3)6-2)31-19-14-27(21-31)12-17-30(18-13-27)26(34)29-15-10-23(11-16-29)28(4)20-25(32)33/h5,7-9,23H,6,10-21H2,1-4H3,(H,32,33)/b7-5-,22-8+,24-9+. The fourth-order valence-electron chi connectivity index (χ4n) is 5.56. The predicted molar refractivity (Wildman–Crippen MR) is 137 cm³/mol. The summed E-state index contributed by atoms with van der Waals surface area (Å²) in [5, 5.41) is 9.02. The number of amides is 2. The fraction of sp³-hybridized carbons (Fsp3) is 0.704. The molecule has 34 heavy (non-hydrogen) atoms. The second-order valence-electron chi connectivity index (χ2n) is 10.4. The monoisotopic (exact) mass is 472 g/mol. The predicted octanol–water partition coefficient (Wildman–Crippen LogP) is 4.19. The van der Waals surface area contributed by atoms with Crippen LogP contribution in [0.5, 0.6) is 0 Å². The maximum Gasteiger partial charge on any atom is 0.319 e. The highest BCUT2D eigenvalue weighted by Crippen LogP contribution is 2.42. The molecule has 1 spiro atoms. The van der Waals surface area contributed by atoms with Crippen LogP contribution in [0.1, 0.15) is 59.3 Å². The normalized spacial score (nSPS) is 22.4. The number of nitrogens with zero attached hydrogens (tertiary/aromatic N) is 4. The average Bonchev–Trinajstić information content (AvgIpc) is 3.24. The number of hydrogen-bond donors (Lipinski definition) is 1. The smallest absolute Gasteiger partial charge is 0.319 e. The number of likely N-dealkylation sites (tertiary alicyclic amines) is 3. The molecule has 1 N–H and O–H groups in total. The SMILES string of the molecule is C\C=C/C(=C\C=C(/C)CC)N1CCC2(CCN(C(=O)N3CCC(N(C)CC(=O)O)CC3)CC2)C1. The number of hydrogen-bond acceptors (Lipinski definition) is 4. The van der Waals surface area contributed by atoms with Crippen LogP contribution < -0.4 is 0 Å². The first-order chi connectivity index (χ1) is 16.3. The van der Waals surface area contributed by atoms with E-state index >= 15 is 0 Å². The van der Waals surface area contributed by atoms with Gasteiger partial charge in [0.2, 0.25) is 0 Å². The Morgan fingerprint density at radius 2 is 1.59 bits per heavy atom. The van der Waals surface area contributed by atoms with E-state index in [4.69, 9.17) is 5.11 Å². The minimum Gasteiger partial charge on any atom is -0.480 e. The summed E-state index contributed by atoms with van der Waals surface area (Å²) in [5.41, 5.74) is 3.00. The Morgan fingerprint density at radius 1 is 1.00 bits per heavy atom. The Morgan fingerprint density at radius 3 is 2.15 bits per heavy atom. The Kier molecular flexibility index (Phi) is 9.23. The van der Waals surface area contributed by atoms with Crippen LogP contribution in [0.3, 0.4) is 0 Å². The van der Waals surface area contributed by atoms with Crippen LogP contribution in [0, 0.1) is 5.41 Å². The molecular weight excluding hydrogens is 428 g/mol. The van der Waals surface area contributed by atoms with E-state index in [1.165, 1.54) is 17.7 Å². The number of allylic oxidation sites excluding steroid dienone is 5. The zero-order chi connectivity index (χ0) is 24.7. The minimum absolute atomic E-state index is 0.0588. The summed E-state index contributed by atoms with van der Waals surface area (Å²) in [5.74, 6) is -0.797. The highest BCUT2D eigenvalue weighted by atomic mass is 16.4. The van der Waals surface area contributed by atoms with Gasteiger partial charge < -0.3 is 19.8 Å². The molecule has 0 radical (unpaired) electrons. The first-order valence-electron chi connectivity index (χ1n) is 13.0. The fourth-order valence-corrected chi connectivity index (χ4v) is 5.56. The van der Waals surface area contributed by atoms with Crippen molar-refractivity contribution in [1.29, 1.82) is 0 Å². The molecule has 0 bridgehead atoms. The van der Waals surface area contributed by atoms with Crippen molar-refractivity contribution in [2.45, 2.75) is 65.3 Å². The first-order valence-corrected chi connectivity index (χ1v) is 13.0. The second kappa shape index (κ2) is 11.9. The van der Waals surface area contributed by atoms with Gasteiger partial charge in [-0.3, -0.25) is 9.69 Å². The van der Waals surface area contributed by atoms with Gasteiger partial charge in [0, 0.05) is 51.0 Å². The highest BCUT2D eigenvalue weighted by molar-refractivity contribution is 5.74. The van der Waals surface area contributed by atoms with E-state index in [1.54, 1.807) is 0 Å². The van der Waals surface area contributed by atoms with Crippen LogP contribution in [-0.4, -0.2) is 95.6 Å². The topological polar surface area (TPSA) is 67.3 Å². The van der Waals surface area contributed by atoms with Crippen molar-refractivity contribution in [3.63, 3.8) is 0 Å². The average molecular weight is 473 g/mol. The first kappa shape index (κ1) is 26.3. The molecular formula is C27H44N4O3. The van der Waals surface area contributed by atoms with Gasteiger partial charge in [-0.1, -0.05) is 24.6 Å². The largest absolute Gasteiger partial charge is 0.480 e. The molecule has 0 aromatic rings. The summed E-state index contributed by atoms with van der Waals surface area (Å²) >= 11 is 0. The van der Waals surface area contributed by atoms with Gasteiger partial charge in [-0.2, -0.15) is 0 Å². The van der Waals surface area contributed by atoms with Gasteiger partial charge in [-0.15, -0.1) is 0 Å². The summed E-state index contributed by atoms with van der Waals surface area (Å²) in [6.45, 7) is 11.8. The number of urea groups is 1. The zero-order valence-corrected chi connectivity index (χ0v) is 21.6. The van der Waals surface area contributed by atoms with E-state index in [-0.39, 0.29) is 18.6 Å². The van der Waals surface area contributed by atoms with Crippen molar-refractivity contribution in [3.8, 4) is 0 Å². The molecule has 3 aliphatic rings. The number of carbonyl (C=O) groups is 2. The molecule has 2 amide bonds. The van der Waals surface area contributed by atoms with Gasteiger partial charge in [-0.05, 0) is 77.0 Å². The highest BCUT2D eigenvalue weighted by Gasteiger charge is 2.42. The molecule has 3 aliphatic heterocycles. The van der Waals surface area contributed by atoms with Crippen LogP contribution >= 0.6 is 0 Å². The third kappa shape index (κ3) is 6.65. The van der Waals surface area contributed by atoms with E-state index in [9.17, 15) is 9.59 Å². The van der Waals surface area contributed by atoms with Crippen molar-refractivity contribution in [2.24, 2.45) is 5.41 Å². The van der Waals surface area contributed by atoms with Crippen LogP contribution in [-0.2, 0) is 4.79 Å². The molecule has 0 aromatic carbocycles. The summed E-state index contributed by atoms with van der Waals surface area (Å²) in [7, 11) is 1.86. The van der Waals surface area contributed by atoms with Gasteiger partial charge >= 0.3 is 12.0 Å². The zero-order valence-electron chi connectivity index (χ0n) is 21.6. The summed E-state index contributed by atoms with van der Waals surface area (Å²) in [6.07, 6.45) is 14.9. The summed E-state index contributed by atoms with van der Waals surface area (Å²) < 4.78 is 0. The van der Waals surface area contributed by atoms with Crippen molar-refractivity contribution < 1.29 is 14.7 Å². The molecule has 0 aromatic heterocycles.